The molecule has 8 heteroatoms. The van der Waals surface area contributed by atoms with Gasteiger partial charge in [-0.1, -0.05) is 35.0 Å². The van der Waals surface area contributed by atoms with Crippen molar-refractivity contribution in [1.29, 1.82) is 0 Å². The van der Waals surface area contributed by atoms with Crippen LogP contribution in [0.25, 0.3) is 11.3 Å². The first-order valence-corrected chi connectivity index (χ1v) is 9.45. The van der Waals surface area contributed by atoms with Crippen molar-refractivity contribution in [2.75, 3.05) is 7.11 Å². The number of nitrogens with one attached hydrogen (secondary N) is 2. The van der Waals surface area contributed by atoms with Crippen molar-refractivity contribution >= 4 is 23.2 Å². The molecule has 7 nitrogen and oxygen atoms in total. The average molecular weight is 411 g/mol. The quantitative estimate of drug-likeness (QED) is 0.650. The number of amides is 1. The van der Waals surface area contributed by atoms with Gasteiger partial charge in [-0.2, -0.15) is 5.10 Å². The highest BCUT2D eigenvalue weighted by Gasteiger charge is 2.29. The monoisotopic (exact) mass is 410 g/mol. The van der Waals surface area contributed by atoms with Crippen molar-refractivity contribution in [1.82, 2.24) is 15.5 Å². The summed E-state index contributed by atoms with van der Waals surface area (Å²) in [5.41, 5.74) is 4.11. The number of carbonyl (C=O) groups excluding carboxylic acids is 1. The van der Waals surface area contributed by atoms with E-state index in [1.165, 1.54) is 0 Å². The van der Waals surface area contributed by atoms with E-state index in [9.17, 15) is 4.79 Å². The van der Waals surface area contributed by atoms with E-state index >= 15 is 0 Å². The van der Waals surface area contributed by atoms with Gasteiger partial charge in [0.2, 0.25) is 6.10 Å². The molecular formula is C21H19ClN4O3. The van der Waals surface area contributed by atoms with Crippen molar-refractivity contribution in [2.24, 2.45) is 5.16 Å². The van der Waals surface area contributed by atoms with Gasteiger partial charge in [-0.15, -0.1) is 0 Å². The molecule has 1 aliphatic rings. The lowest BCUT2D eigenvalue weighted by molar-refractivity contribution is -0.131. The van der Waals surface area contributed by atoms with Crippen LogP contribution in [0.15, 0.2) is 59.9 Å². The molecule has 2 heterocycles. The predicted octanol–water partition coefficient (Wildman–Crippen LogP) is 3.55. The highest BCUT2D eigenvalue weighted by atomic mass is 35.5. The molecule has 0 saturated heterocycles. The largest absolute Gasteiger partial charge is 0.497 e. The van der Waals surface area contributed by atoms with Crippen LogP contribution in [0.1, 0.15) is 17.5 Å². The Morgan fingerprint density at radius 2 is 2.07 bits per heavy atom. The van der Waals surface area contributed by atoms with Gasteiger partial charge in [0, 0.05) is 34.7 Å². The first-order chi connectivity index (χ1) is 14.2. The Kier molecular flexibility index (Phi) is 5.48. The second-order valence-electron chi connectivity index (χ2n) is 6.53. The number of rotatable bonds is 6. The highest BCUT2D eigenvalue weighted by Crippen LogP contribution is 2.25. The Hall–Kier alpha value is -3.32. The van der Waals surface area contributed by atoms with Crippen molar-refractivity contribution in [3.63, 3.8) is 0 Å². The van der Waals surface area contributed by atoms with E-state index in [2.05, 4.69) is 20.7 Å². The van der Waals surface area contributed by atoms with Gasteiger partial charge in [-0.25, -0.2) is 0 Å². The number of ether oxygens (including phenoxy) is 1. The van der Waals surface area contributed by atoms with Crippen LogP contribution in [0.2, 0.25) is 5.02 Å². The zero-order valence-electron chi connectivity index (χ0n) is 15.7. The molecule has 4 rings (SSSR count). The van der Waals surface area contributed by atoms with E-state index in [4.69, 9.17) is 21.2 Å². The Balaban J connectivity index is 1.38. The molecule has 0 radical (unpaired) electrons. The Labute approximate surface area is 172 Å². The van der Waals surface area contributed by atoms with Gasteiger partial charge in [0.05, 0.1) is 24.7 Å². The molecular weight excluding hydrogens is 392 g/mol. The maximum Gasteiger partial charge on any atom is 0.264 e. The SMILES string of the molecule is COc1ccc(-c2[nH]ncc2CNC(=O)[C@H]2CC(c3ccccc3Cl)=NO2)cc1. The van der Waals surface area contributed by atoms with E-state index < -0.39 is 6.10 Å². The molecule has 1 aliphatic heterocycles. The van der Waals surface area contributed by atoms with Gasteiger partial charge < -0.3 is 14.9 Å². The van der Waals surface area contributed by atoms with Crippen molar-refractivity contribution < 1.29 is 14.4 Å². The van der Waals surface area contributed by atoms with Gasteiger partial charge in [0.1, 0.15) is 5.75 Å². The third kappa shape index (κ3) is 4.09. The smallest absolute Gasteiger partial charge is 0.264 e. The molecule has 2 aromatic carbocycles. The first-order valence-electron chi connectivity index (χ1n) is 9.07. The molecule has 3 aromatic rings. The van der Waals surface area contributed by atoms with Crippen LogP contribution in [-0.2, 0) is 16.2 Å². The van der Waals surface area contributed by atoms with E-state index in [-0.39, 0.29) is 5.91 Å². The second kappa shape index (κ2) is 8.36. The lowest BCUT2D eigenvalue weighted by Gasteiger charge is -2.10. The van der Waals surface area contributed by atoms with Crippen LogP contribution >= 0.6 is 11.6 Å². The number of hydrogen-bond acceptors (Lipinski definition) is 5. The molecule has 1 atom stereocenters. The summed E-state index contributed by atoms with van der Waals surface area (Å²) >= 11 is 6.20. The maximum absolute atomic E-state index is 12.5. The standard InChI is InChI=1S/C21H19ClN4O3/c1-28-15-8-6-13(7-9-15)20-14(12-24-25-20)11-23-21(27)19-10-18(26-29-19)16-4-2-3-5-17(16)22/h2-9,12,19H,10-11H2,1H3,(H,23,27)(H,24,25)/t19-/m1/s1. The van der Waals surface area contributed by atoms with E-state index in [1.54, 1.807) is 19.4 Å². The predicted molar refractivity (Wildman–Crippen MR) is 110 cm³/mol. The molecule has 0 fully saturated rings. The molecule has 0 spiro atoms. The normalized spacial score (nSPS) is 15.5. The lowest BCUT2D eigenvalue weighted by atomic mass is 10.0. The molecule has 0 bridgehead atoms. The molecule has 148 valence electrons. The molecule has 0 saturated carbocycles. The molecule has 29 heavy (non-hydrogen) atoms. The number of methoxy groups -OCH3 is 1. The zero-order chi connectivity index (χ0) is 20.2. The number of aromatic nitrogens is 2. The van der Waals surface area contributed by atoms with Gasteiger partial charge in [0.15, 0.2) is 0 Å². The van der Waals surface area contributed by atoms with E-state index in [0.717, 1.165) is 28.1 Å². The van der Waals surface area contributed by atoms with Crippen LogP contribution in [-0.4, -0.2) is 35.0 Å². The molecule has 1 amide bonds. The highest BCUT2D eigenvalue weighted by molar-refractivity contribution is 6.34. The summed E-state index contributed by atoms with van der Waals surface area (Å²) in [6, 6.07) is 15.0. The number of H-pyrrole nitrogens is 1. The Bertz CT molecular complexity index is 1050. The fourth-order valence-corrected chi connectivity index (χ4v) is 3.37. The fourth-order valence-electron chi connectivity index (χ4n) is 3.12. The number of hydrogen-bond donors (Lipinski definition) is 2. The van der Waals surface area contributed by atoms with Gasteiger partial charge in [-0.3, -0.25) is 9.89 Å². The lowest BCUT2D eigenvalue weighted by Crippen LogP contribution is -2.34. The number of oxime groups is 1. The Morgan fingerprint density at radius 3 is 2.83 bits per heavy atom. The van der Waals surface area contributed by atoms with Crippen LogP contribution in [0.4, 0.5) is 0 Å². The molecule has 1 aromatic heterocycles. The number of nitrogens with zero attached hydrogens (tertiary/aromatic N) is 2. The summed E-state index contributed by atoms with van der Waals surface area (Å²) in [7, 11) is 1.62. The van der Waals surface area contributed by atoms with Crippen LogP contribution in [0.3, 0.4) is 0 Å². The first kappa shape index (κ1) is 19.0. The third-order valence-electron chi connectivity index (χ3n) is 4.70. The number of carbonyl (C=O) groups is 1. The second-order valence-corrected chi connectivity index (χ2v) is 6.94. The average Bonchev–Trinajstić information content (AvgIpc) is 3.42. The molecule has 0 unspecified atom stereocenters. The van der Waals surface area contributed by atoms with Gasteiger partial charge in [0.25, 0.3) is 5.91 Å². The summed E-state index contributed by atoms with van der Waals surface area (Å²) < 4.78 is 5.18. The summed E-state index contributed by atoms with van der Waals surface area (Å²) in [4.78, 5) is 17.9. The summed E-state index contributed by atoms with van der Waals surface area (Å²) in [5.74, 6) is 0.536. The minimum Gasteiger partial charge on any atom is -0.497 e. The Morgan fingerprint density at radius 1 is 1.28 bits per heavy atom. The number of benzene rings is 2. The van der Waals surface area contributed by atoms with Gasteiger partial charge in [-0.05, 0) is 30.3 Å². The summed E-state index contributed by atoms with van der Waals surface area (Å²) in [6.45, 7) is 0.317. The third-order valence-corrected chi connectivity index (χ3v) is 5.03. The number of aromatic amines is 1. The van der Waals surface area contributed by atoms with Crippen LogP contribution in [0.5, 0.6) is 5.75 Å². The van der Waals surface area contributed by atoms with Crippen LogP contribution < -0.4 is 10.1 Å². The topological polar surface area (TPSA) is 88.6 Å². The molecule has 0 aliphatic carbocycles. The van der Waals surface area contributed by atoms with E-state index in [0.29, 0.717) is 23.7 Å². The van der Waals surface area contributed by atoms with E-state index in [1.807, 2.05) is 42.5 Å². The zero-order valence-corrected chi connectivity index (χ0v) is 16.4. The summed E-state index contributed by atoms with van der Waals surface area (Å²) in [5, 5.41) is 14.6. The van der Waals surface area contributed by atoms with Gasteiger partial charge >= 0.3 is 0 Å². The van der Waals surface area contributed by atoms with Crippen molar-refractivity contribution in [3.8, 4) is 17.0 Å². The molecule has 2 N–H and O–H groups in total. The van der Waals surface area contributed by atoms with Crippen molar-refractivity contribution in [2.45, 2.75) is 19.1 Å². The summed E-state index contributed by atoms with van der Waals surface area (Å²) in [6.07, 6.45) is 1.38. The number of halogens is 1. The minimum absolute atomic E-state index is 0.238. The van der Waals surface area contributed by atoms with Crippen molar-refractivity contribution in [3.05, 3.63) is 70.9 Å². The van der Waals surface area contributed by atoms with Crippen LogP contribution in [0, 0.1) is 0 Å². The maximum atomic E-state index is 12.5. The fraction of sp³-hybridized carbons (Fsp3) is 0.190. The minimum atomic E-state index is -0.683.